The number of nitrogens with zero attached hydrogens (tertiary/aromatic N) is 4. The van der Waals surface area contributed by atoms with Gasteiger partial charge in [0, 0.05) is 19.3 Å². The first-order chi connectivity index (χ1) is 15.3. The molecular weight excluding hydrogens is 421 g/mol. The molecule has 1 aliphatic rings. The third-order valence-electron chi connectivity index (χ3n) is 5.40. The van der Waals surface area contributed by atoms with Crippen LogP contribution in [-0.2, 0) is 19.1 Å². The number of hydrogen-bond donors (Lipinski definition) is 2. The molecule has 1 amide bonds. The number of imidazole rings is 1. The minimum absolute atomic E-state index is 0.0331. The molecule has 3 atom stereocenters. The van der Waals surface area contributed by atoms with E-state index < -0.39 is 24.0 Å². The quantitative estimate of drug-likeness (QED) is 0.259. The number of unbranched alkanes of at least 4 members (excludes halogenated alkanes) is 1. The maximum absolute atomic E-state index is 14.1. The Bertz CT molecular complexity index is 1040. The van der Waals surface area contributed by atoms with Crippen molar-refractivity contribution in [1.82, 2.24) is 19.5 Å². The number of carbonyl (C=O) groups is 2. The van der Waals surface area contributed by atoms with Crippen LogP contribution in [0.5, 0.6) is 0 Å². The summed E-state index contributed by atoms with van der Waals surface area (Å²) < 4.78 is 26.2. The van der Waals surface area contributed by atoms with Crippen molar-refractivity contribution in [3.63, 3.8) is 0 Å². The predicted molar refractivity (Wildman–Crippen MR) is 112 cm³/mol. The first-order valence-corrected chi connectivity index (χ1v) is 10.4. The third-order valence-corrected chi connectivity index (χ3v) is 5.40. The summed E-state index contributed by atoms with van der Waals surface area (Å²) in [6.45, 7) is 1.85. The van der Waals surface area contributed by atoms with E-state index in [4.69, 9.17) is 11.2 Å². The van der Waals surface area contributed by atoms with Gasteiger partial charge in [-0.05, 0) is 25.7 Å². The fraction of sp³-hybridized carbons (Fsp3) is 0.571. The SMILES string of the molecule is C#C[C@@]1(CCCCC(=O)OC)O[C@@H](n2cnc3c(NC(=O)CCC)nc(F)nc32)C[C@@H]1O. The van der Waals surface area contributed by atoms with Crippen molar-refractivity contribution in [3.05, 3.63) is 12.4 Å². The van der Waals surface area contributed by atoms with E-state index in [2.05, 4.69) is 30.9 Å². The zero-order chi connectivity index (χ0) is 23.3. The zero-order valence-corrected chi connectivity index (χ0v) is 18.0. The lowest BCUT2D eigenvalue weighted by molar-refractivity contribution is -0.140. The molecule has 2 N–H and O–H groups in total. The minimum Gasteiger partial charge on any atom is -0.469 e. The predicted octanol–water partition coefficient (Wildman–Crippen LogP) is 2.09. The lowest BCUT2D eigenvalue weighted by atomic mass is 9.91. The van der Waals surface area contributed by atoms with Crippen LogP contribution in [0.4, 0.5) is 10.2 Å². The fourth-order valence-electron chi connectivity index (χ4n) is 3.72. The normalized spacial score (nSPS) is 22.6. The molecule has 1 fully saturated rings. The number of halogens is 1. The molecule has 10 nitrogen and oxygen atoms in total. The van der Waals surface area contributed by atoms with Crippen molar-refractivity contribution in [2.75, 3.05) is 12.4 Å². The van der Waals surface area contributed by atoms with Crippen LogP contribution >= 0.6 is 0 Å². The summed E-state index contributed by atoms with van der Waals surface area (Å²) >= 11 is 0. The molecule has 1 saturated heterocycles. The van der Waals surface area contributed by atoms with Crippen LogP contribution in [0.15, 0.2) is 6.33 Å². The van der Waals surface area contributed by atoms with Gasteiger partial charge in [0.2, 0.25) is 5.91 Å². The second-order valence-corrected chi connectivity index (χ2v) is 7.60. The molecular formula is C21H26FN5O5. The van der Waals surface area contributed by atoms with Crippen molar-refractivity contribution in [1.29, 1.82) is 0 Å². The summed E-state index contributed by atoms with van der Waals surface area (Å²) in [5.74, 6) is 1.88. The van der Waals surface area contributed by atoms with Gasteiger partial charge in [-0.25, -0.2) is 4.98 Å². The molecule has 3 rings (SSSR count). The molecule has 2 aromatic heterocycles. The topological polar surface area (TPSA) is 128 Å². The van der Waals surface area contributed by atoms with Crippen LogP contribution in [-0.4, -0.2) is 55.3 Å². The van der Waals surface area contributed by atoms with E-state index >= 15 is 0 Å². The Morgan fingerprint density at radius 1 is 1.44 bits per heavy atom. The largest absolute Gasteiger partial charge is 0.469 e. The second-order valence-electron chi connectivity index (χ2n) is 7.60. The summed E-state index contributed by atoms with van der Waals surface area (Å²) in [5.41, 5.74) is -0.952. The van der Waals surface area contributed by atoms with Gasteiger partial charge in [0.1, 0.15) is 6.23 Å². The molecule has 172 valence electrons. The Morgan fingerprint density at radius 2 is 2.22 bits per heavy atom. The number of aromatic nitrogens is 4. The van der Waals surface area contributed by atoms with Gasteiger partial charge in [-0.1, -0.05) is 12.8 Å². The van der Waals surface area contributed by atoms with E-state index in [0.29, 0.717) is 25.7 Å². The standard InChI is InChI=1S/C21H26FN5O5/c1-4-8-14(29)24-18-17-19(26-20(22)25-18)27(12-23-17)15-11-13(28)21(5-2,32-15)10-7-6-9-16(30)31-3/h2,12-13,15,28H,4,6-11H2,1,3H3,(H,24,25,26,29)/t13-,15+,21-/m0/s1. The van der Waals surface area contributed by atoms with Gasteiger partial charge in [0.25, 0.3) is 0 Å². The van der Waals surface area contributed by atoms with E-state index in [9.17, 15) is 19.1 Å². The van der Waals surface area contributed by atoms with Gasteiger partial charge in [-0.3, -0.25) is 14.2 Å². The molecule has 3 heterocycles. The molecule has 0 saturated carbocycles. The first kappa shape index (κ1) is 23.6. The maximum atomic E-state index is 14.1. The van der Waals surface area contributed by atoms with E-state index in [0.717, 1.165) is 0 Å². The Labute approximate surface area is 184 Å². The van der Waals surface area contributed by atoms with Crippen LogP contribution in [0, 0.1) is 18.4 Å². The van der Waals surface area contributed by atoms with E-state index in [-0.39, 0.29) is 48.1 Å². The molecule has 0 spiro atoms. The molecule has 0 aliphatic carbocycles. The number of methoxy groups -OCH3 is 1. The van der Waals surface area contributed by atoms with Crippen LogP contribution < -0.4 is 5.32 Å². The number of aliphatic hydroxyl groups excluding tert-OH is 1. The van der Waals surface area contributed by atoms with Gasteiger partial charge in [0.15, 0.2) is 22.6 Å². The summed E-state index contributed by atoms with van der Waals surface area (Å²) in [6, 6.07) is 0. The number of carbonyl (C=O) groups excluding carboxylic acids is 2. The number of esters is 1. The van der Waals surface area contributed by atoms with Crippen molar-refractivity contribution in [3.8, 4) is 12.3 Å². The smallest absolute Gasteiger partial charge is 0.312 e. The minimum atomic E-state index is -1.26. The Kier molecular flexibility index (Phi) is 7.37. The second kappa shape index (κ2) is 10.0. The number of rotatable bonds is 9. The number of nitrogens with one attached hydrogen (secondary N) is 1. The monoisotopic (exact) mass is 447 g/mol. The average Bonchev–Trinajstić information content (AvgIpc) is 3.32. The third kappa shape index (κ3) is 4.87. The molecule has 0 aromatic carbocycles. The van der Waals surface area contributed by atoms with Crippen molar-refractivity contribution in [2.45, 2.75) is 69.8 Å². The van der Waals surface area contributed by atoms with Crippen LogP contribution in [0.1, 0.15) is 58.1 Å². The zero-order valence-electron chi connectivity index (χ0n) is 18.0. The molecule has 0 radical (unpaired) electrons. The Balaban J connectivity index is 1.80. The number of terminal acetylenes is 1. The van der Waals surface area contributed by atoms with Gasteiger partial charge >= 0.3 is 12.0 Å². The Hall–Kier alpha value is -3.10. The van der Waals surface area contributed by atoms with E-state index in [1.165, 1.54) is 18.0 Å². The van der Waals surface area contributed by atoms with Crippen molar-refractivity contribution < 1.29 is 28.6 Å². The van der Waals surface area contributed by atoms with Gasteiger partial charge < -0.3 is 19.9 Å². The van der Waals surface area contributed by atoms with E-state index in [1.807, 2.05) is 6.92 Å². The van der Waals surface area contributed by atoms with Crippen LogP contribution in [0.3, 0.4) is 0 Å². The van der Waals surface area contributed by atoms with Gasteiger partial charge in [-0.2, -0.15) is 14.4 Å². The van der Waals surface area contributed by atoms with Crippen molar-refractivity contribution in [2.24, 2.45) is 0 Å². The average molecular weight is 447 g/mol. The molecule has 1 aliphatic heterocycles. The van der Waals surface area contributed by atoms with E-state index in [1.54, 1.807) is 0 Å². The summed E-state index contributed by atoms with van der Waals surface area (Å²) in [4.78, 5) is 34.9. The molecule has 0 bridgehead atoms. The van der Waals surface area contributed by atoms with Crippen LogP contribution in [0.2, 0.25) is 0 Å². The fourth-order valence-corrected chi connectivity index (χ4v) is 3.72. The number of ether oxygens (including phenoxy) is 2. The summed E-state index contributed by atoms with van der Waals surface area (Å²) in [6.07, 6.45) is 6.98. The number of anilines is 1. The first-order valence-electron chi connectivity index (χ1n) is 10.4. The molecule has 32 heavy (non-hydrogen) atoms. The lowest BCUT2D eigenvalue weighted by Gasteiger charge is -2.26. The maximum Gasteiger partial charge on any atom is 0.312 e. The highest BCUT2D eigenvalue weighted by molar-refractivity contribution is 5.96. The number of fused-ring (bicyclic) bond motifs is 1. The Morgan fingerprint density at radius 3 is 2.91 bits per heavy atom. The van der Waals surface area contributed by atoms with Gasteiger partial charge in [0.05, 0.1) is 19.5 Å². The van der Waals surface area contributed by atoms with Crippen molar-refractivity contribution >= 4 is 28.9 Å². The number of amides is 1. The number of hydrogen-bond acceptors (Lipinski definition) is 8. The highest BCUT2D eigenvalue weighted by atomic mass is 19.1. The molecule has 11 heteroatoms. The highest BCUT2D eigenvalue weighted by Crippen LogP contribution is 2.41. The van der Waals surface area contributed by atoms with Crippen LogP contribution in [0.25, 0.3) is 11.2 Å². The molecule has 2 aromatic rings. The lowest BCUT2D eigenvalue weighted by Crippen LogP contribution is -2.37. The summed E-state index contributed by atoms with van der Waals surface area (Å²) in [7, 11) is 1.32. The number of aliphatic hydroxyl groups is 1. The summed E-state index contributed by atoms with van der Waals surface area (Å²) in [5, 5.41) is 13.2. The van der Waals surface area contributed by atoms with Gasteiger partial charge in [-0.15, -0.1) is 6.42 Å². The molecule has 0 unspecified atom stereocenters. The highest BCUT2D eigenvalue weighted by Gasteiger charge is 2.47.